The molecule has 1 N–H and O–H groups in total. The van der Waals surface area contributed by atoms with Crippen LogP contribution in [0.15, 0.2) is 29.2 Å². The average molecular weight is 475 g/mol. The van der Waals surface area contributed by atoms with E-state index in [1.165, 1.54) is 24.0 Å². The van der Waals surface area contributed by atoms with Crippen molar-refractivity contribution in [1.82, 2.24) is 9.58 Å². The van der Waals surface area contributed by atoms with E-state index in [4.69, 9.17) is 4.74 Å². The van der Waals surface area contributed by atoms with Crippen molar-refractivity contribution in [3.05, 3.63) is 63.1 Å². The van der Waals surface area contributed by atoms with Crippen LogP contribution in [0.2, 0.25) is 0 Å². The number of Topliss-reactive ketones (excluding diaryl/α,β-unsaturated/α-hetero) is 1. The fraction of sp³-hybridized carbons (Fsp3) is 0.458. The van der Waals surface area contributed by atoms with E-state index in [-0.39, 0.29) is 48.5 Å². The third kappa shape index (κ3) is 4.18. The van der Waals surface area contributed by atoms with E-state index >= 15 is 0 Å². The molecule has 10 heteroatoms. The van der Waals surface area contributed by atoms with Gasteiger partial charge >= 0.3 is 0 Å². The number of benzene rings is 1. The van der Waals surface area contributed by atoms with Crippen LogP contribution in [0.5, 0.6) is 5.75 Å². The molecule has 1 fully saturated rings. The van der Waals surface area contributed by atoms with Gasteiger partial charge in [0.15, 0.2) is 17.2 Å². The molecule has 0 saturated carbocycles. The minimum Gasteiger partial charge on any atom is -0.502 e. The number of piperidine rings is 1. The first-order chi connectivity index (χ1) is 16.2. The quantitative estimate of drug-likeness (QED) is 0.619. The minimum absolute atomic E-state index is 0.0412. The number of methoxy groups -OCH3 is 1. The SMILES string of the molecule is COC[C@@H](C)N1C(=O)c2c(O)c(=O)c(C(=O)CCc3ccc(F)cc3F)cn2N2CCCC[C@@H]12. The Hall–Kier alpha value is -3.27. The number of pyridine rings is 1. The van der Waals surface area contributed by atoms with E-state index in [0.29, 0.717) is 13.0 Å². The van der Waals surface area contributed by atoms with Gasteiger partial charge < -0.3 is 14.7 Å². The van der Waals surface area contributed by atoms with Crippen molar-refractivity contribution >= 4 is 11.7 Å². The van der Waals surface area contributed by atoms with Crippen LogP contribution in [0, 0.1) is 11.6 Å². The summed E-state index contributed by atoms with van der Waals surface area (Å²) in [5, 5.41) is 12.6. The fourth-order valence-corrected chi connectivity index (χ4v) is 4.80. The maximum Gasteiger partial charge on any atom is 0.278 e. The first-order valence-corrected chi connectivity index (χ1v) is 11.3. The minimum atomic E-state index is -0.945. The third-order valence-corrected chi connectivity index (χ3v) is 6.46. The number of halogens is 2. The summed E-state index contributed by atoms with van der Waals surface area (Å²) in [6, 6.07) is 2.79. The molecule has 34 heavy (non-hydrogen) atoms. The number of carbonyl (C=O) groups is 2. The molecule has 1 amide bonds. The lowest BCUT2D eigenvalue weighted by molar-refractivity contribution is 0.0245. The Balaban J connectivity index is 1.69. The number of ether oxygens (including phenoxy) is 1. The Morgan fingerprint density at radius 2 is 2.03 bits per heavy atom. The number of hydrogen-bond acceptors (Lipinski definition) is 6. The molecule has 8 nitrogen and oxygen atoms in total. The summed E-state index contributed by atoms with van der Waals surface area (Å²) in [4.78, 5) is 40.8. The van der Waals surface area contributed by atoms with E-state index in [1.54, 1.807) is 4.90 Å². The van der Waals surface area contributed by atoms with Gasteiger partial charge in [0, 0.05) is 32.3 Å². The second-order valence-corrected chi connectivity index (χ2v) is 8.73. The monoisotopic (exact) mass is 475 g/mol. The molecule has 1 aromatic carbocycles. The summed E-state index contributed by atoms with van der Waals surface area (Å²) in [6.45, 7) is 2.70. The Bertz CT molecular complexity index is 1180. The van der Waals surface area contributed by atoms with Crippen molar-refractivity contribution in [2.75, 3.05) is 25.3 Å². The van der Waals surface area contributed by atoms with E-state index in [1.807, 2.05) is 11.9 Å². The highest BCUT2D eigenvalue weighted by atomic mass is 19.1. The van der Waals surface area contributed by atoms with Crippen LogP contribution in [-0.2, 0) is 11.2 Å². The smallest absolute Gasteiger partial charge is 0.278 e. The normalized spacial score (nSPS) is 18.5. The lowest BCUT2D eigenvalue weighted by Crippen LogP contribution is -2.65. The van der Waals surface area contributed by atoms with Gasteiger partial charge in [-0.05, 0) is 44.2 Å². The number of ketones is 1. The van der Waals surface area contributed by atoms with Gasteiger partial charge in [-0.2, -0.15) is 0 Å². The topological polar surface area (TPSA) is 92.1 Å². The highest BCUT2D eigenvalue weighted by molar-refractivity contribution is 6.00. The van der Waals surface area contributed by atoms with E-state index in [9.17, 15) is 28.3 Å². The Morgan fingerprint density at radius 3 is 2.74 bits per heavy atom. The number of fused-ring (bicyclic) bond motifs is 3. The molecular weight excluding hydrogens is 448 g/mol. The van der Waals surface area contributed by atoms with Gasteiger partial charge in [0.1, 0.15) is 17.8 Å². The average Bonchev–Trinajstić information content (AvgIpc) is 2.80. The number of aromatic hydroxyl groups is 1. The first-order valence-electron chi connectivity index (χ1n) is 11.3. The molecule has 0 aliphatic carbocycles. The number of nitrogens with zero attached hydrogens (tertiary/aromatic N) is 3. The molecule has 0 radical (unpaired) electrons. The molecule has 2 aliphatic heterocycles. The summed E-state index contributed by atoms with van der Waals surface area (Å²) >= 11 is 0. The Kier molecular flexibility index (Phi) is 6.70. The van der Waals surface area contributed by atoms with E-state index in [0.717, 1.165) is 25.0 Å². The van der Waals surface area contributed by atoms with E-state index < -0.39 is 34.5 Å². The highest BCUT2D eigenvalue weighted by Gasteiger charge is 2.43. The zero-order valence-corrected chi connectivity index (χ0v) is 19.1. The molecule has 1 saturated heterocycles. The van der Waals surface area contributed by atoms with Crippen LogP contribution in [0.4, 0.5) is 8.78 Å². The van der Waals surface area contributed by atoms with Crippen molar-refractivity contribution in [2.24, 2.45) is 0 Å². The van der Waals surface area contributed by atoms with Gasteiger partial charge in [-0.25, -0.2) is 8.78 Å². The van der Waals surface area contributed by atoms with Crippen molar-refractivity contribution in [1.29, 1.82) is 0 Å². The second-order valence-electron chi connectivity index (χ2n) is 8.73. The molecule has 2 aliphatic rings. The van der Waals surface area contributed by atoms with Gasteiger partial charge in [0.2, 0.25) is 5.43 Å². The van der Waals surface area contributed by atoms with Crippen molar-refractivity contribution in [2.45, 2.75) is 51.2 Å². The van der Waals surface area contributed by atoms with Gasteiger partial charge in [-0.15, -0.1) is 0 Å². The predicted octanol–water partition coefficient (Wildman–Crippen LogP) is 2.59. The van der Waals surface area contributed by atoms with Gasteiger partial charge in [0.25, 0.3) is 5.91 Å². The summed E-state index contributed by atoms with van der Waals surface area (Å²) < 4.78 is 33.7. The Morgan fingerprint density at radius 1 is 1.26 bits per heavy atom. The molecule has 0 spiro atoms. The zero-order chi connectivity index (χ0) is 24.6. The van der Waals surface area contributed by atoms with Crippen molar-refractivity contribution < 1.29 is 28.2 Å². The Labute approximate surface area is 195 Å². The molecule has 0 unspecified atom stereocenters. The lowest BCUT2D eigenvalue weighted by Gasteiger charge is -2.50. The molecule has 182 valence electrons. The first kappa shape index (κ1) is 23.9. The molecule has 4 rings (SSSR count). The number of amides is 1. The van der Waals surface area contributed by atoms with Crippen molar-refractivity contribution in [3.8, 4) is 5.75 Å². The predicted molar refractivity (Wildman–Crippen MR) is 120 cm³/mol. The molecular formula is C24H27F2N3O5. The number of aryl methyl sites for hydroxylation is 1. The van der Waals surface area contributed by atoms with Crippen LogP contribution in [0.3, 0.4) is 0 Å². The highest BCUT2D eigenvalue weighted by Crippen LogP contribution is 2.31. The zero-order valence-electron chi connectivity index (χ0n) is 19.1. The number of hydrogen-bond donors (Lipinski definition) is 1. The third-order valence-electron chi connectivity index (χ3n) is 6.46. The number of rotatable bonds is 7. The summed E-state index contributed by atoms with van der Waals surface area (Å²) in [5.41, 5.74) is -1.27. The number of aromatic nitrogens is 1. The molecule has 0 bridgehead atoms. The van der Waals surface area contributed by atoms with Crippen LogP contribution < -0.4 is 10.4 Å². The van der Waals surface area contributed by atoms with Gasteiger partial charge in [0.05, 0.1) is 18.2 Å². The second kappa shape index (κ2) is 9.54. The molecule has 3 heterocycles. The van der Waals surface area contributed by atoms with Crippen LogP contribution >= 0.6 is 0 Å². The maximum atomic E-state index is 13.9. The number of carbonyl (C=O) groups excluding carboxylic acids is 2. The van der Waals surface area contributed by atoms with Gasteiger partial charge in [-0.1, -0.05) is 6.07 Å². The van der Waals surface area contributed by atoms with Crippen LogP contribution in [0.1, 0.15) is 59.0 Å². The van der Waals surface area contributed by atoms with Crippen molar-refractivity contribution in [3.63, 3.8) is 0 Å². The largest absolute Gasteiger partial charge is 0.502 e. The maximum absolute atomic E-state index is 13.9. The summed E-state index contributed by atoms with van der Waals surface area (Å²) in [6.07, 6.45) is 3.18. The molecule has 1 aromatic heterocycles. The van der Waals surface area contributed by atoms with Crippen LogP contribution in [-0.4, -0.2) is 58.8 Å². The van der Waals surface area contributed by atoms with Gasteiger partial charge in [-0.3, -0.25) is 24.1 Å². The summed E-state index contributed by atoms with van der Waals surface area (Å²) in [7, 11) is 1.54. The molecule has 2 aromatic rings. The molecule has 2 atom stereocenters. The van der Waals surface area contributed by atoms with E-state index in [2.05, 4.69) is 0 Å². The van der Waals surface area contributed by atoms with Crippen LogP contribution in [0.25, 0.3) is 0 Å². The fourth-order valence-electron chi connectivity index (χ4n) is 4.80. The lowest BCUT2D eigenvalue weighted by atomic mass is 10.0. The standard InChI is InChI=1S/C24H27F2N3O5/c1-14(13-34-2)29-20-5-3-4-10-27(20)28-12-17(22(31)23(32)21(28)24(29)33)19(30)9-7-15-6-8-16(25)11-18(15)26/h6,8,11-12,14,20,32H,3-5,7,9-10,13H2,1-2H3/t14-,20-/m1/s1. The summed E-state index contributed by atoms with van der Waals surface area (Å²) in [5.74, 6) is -3.39.